The number of nitrogens with two attached hydrogens (primary N) is 1. The molecule has 2 rings (SSSR count). The molecule has 9 nitrogen and oxygen atoms in total. The second-order valence-corrected chi connectivity index (χ2v) is 5.50. The van der Waals surface area contributed by atoms with Crippen LogP contribution in [0.15, 0.2) is 24.8 Å². The summed E-state index contributed by atoms with van der Waals surface area (Å²) in [6, 6.07) is -0.869. The molecular weight excluding hydrogens is 314 g/mol. The molecule has 4 N–H and O–H groups in total. The van der Waals surface area contributed by atoms with E-state index in [1.54, 1.807) is 37.1 Å². The molecule has 0 spiro atoms. The number of aryl methyl sites for hydroxylation is 2. The van der Waals surface area contributed by atoms with E-state index in [9.17, 15) is 9.59 Å². The molecule has 2 aromatic rings. The standard InChI is InChI=1S/C8H12N2O2.C7H11N3O2/c1-6(8(11)12)5-7-9-3-4-10(7)2;1-10-3-2-9-6(10)4-5(8)7(11)12/h3-4,6H,5H2,1-2H3,(H,11,12);2-3,5H,4,8H2,1H3,(H,11,12)/t6-;5-/m00/s1. The normalized spacial score (nSPS) is 12.8. The average molecular weight is 337 g/mol. The molecule has 0 aromatic carbocycles. The first-order valence-corrected chi connectivity index (χ1v) is 7.36. The summed E-state index contributed by atoms with van der Waals surface area (Å²) in [6.45, 7) is 1.68. The summed E-state index contributed by atoms with van der Waals surface area (Å²) in [4.78, 5) is 28.9. The van der Waals surface area contributed by atoms with Gasteiger partial charge in [-0.25, -0.2) is 9.97 Å². The molecule has 0 aliphatic carbocycles. The zero-order valence-corrected chi connectivity index (χ0v) is 14.0. The second-order valence-electron chi connectivity index (χ2n) is 5.50. The van der Waals surface area contributed by atoms with Gasteiger partial charge in [-0.05, 0) is 0 Å². The van der Waals surface area contributed by atoms with Crippen molar-refractivity contribution < 1.29 is 19.8 Å². The molecule has 0 bridgehead atoms. The van der Waals surface area contributed by atoms with Gasteiger partial charge in [0.25, 0.3) is 0 Å². The first-order valence-electron chi connectivity index (χ1n) is 7.36. The number of aliphatic carboxylic acids is 2. The minimum atomic E-state index is -1.00. The lowest BCUT2D eigenvalue weighted by molar-refractivity contribution is -0.141. The summed E-state index contributed by atoms with van der Waals surface area (Å²) in [5.74, 6) is -0.656. The third-order valence-corrected chi connectivity index (χ3v) is 3.47. The summed E-state index contributed by atoms with van der Waals surface area (Å²) in [6.07, 6.45) is 7.60. The molecule has 0 unspecified atom stereocenters. The number of rotatable bonds is 6. The van der Waals surface area contributed by atoms with Crippen LogP contribution < -0.4 is 5.73 Å². The molecule has 0 aliphatic rings. The SMILES string of the molecule is C[C@@H](Cc1nccn1C)C(=O)O.Cn1ccnc1C[C@H](N)C(=O)O. The Morgan fingerprint density at radius 2 is 1.50 bits per heavy atom. The van der Waals surface area contributed by atoms with Crippen molar-refractivity contribution in [2.45, 2.75) is 25.8 Å². The minimum Gasteiger partial charge on any atom is -0.481 e. The van der Waals surface area contributed by atoms with E-state index in [0.717, 1.165) is 5.82 Å². The second kappa shape index (κ2) is 8.82. The highest BCUT2D eigenvalue weighted by Gasteiger charge is 2.14. The van der Waals surface area contributed by atoms with Crippen LogP contribution in [0, 0.1) is 5.92 Å². The van der Waals surface area contributed by atoms with Crippen LogP contribution in [0.3, 0.4) is 0 Å². The fraction of sp³-hybridized carbons (Fsp3) is 0.467. The van der Waals surface area contributed by atoms with E-state index in [2.05, 4.69) is 9.97 Å². The molecule has 0 fully saturated rings. The maximum absolute atomic E-state index is 10.5. The fourth-order valence-electron chi connectivity index (χ4n) is 1.83. The third kappa shape index (κ3) is 5.84. The lowest BCUT2D eigenvalue weighted by atomic mass is 10.1. The highest BCUT2D eigenvalue weighted by Crippen LogP contribution is 2.05. The zero-order chi connectivity index (χ0) is 18.3. The lowest BCUT2D eigenvalue weighted by Crippen LogP contribution is -2.33. The predicted molar refractivity (Wildman–Crippen MR) is 86.2 cm³/mol. The Bertz CT molecular complexity index is 621. The molecule has 24 heavy (non-hydrogen) atoms. The first-order chi connectivity index (χ1) is 11.2. The Kier molecular flexibility index (Phi) is 7.12. The highest BCUT2D eigenvalue weighted by molar-refractivity contribution is 5.73. The molecule has 0 saturated carbocycles. The Balaban J connectivity index is 0.000000240. The van der Waals surface area contributed by atoms with Gasteiger partial charge in [0.1, 0.15) is 17.7 Å². The third-order valence-electron chi connectivity index (χ3n) is 3.47. The number of carbonyl (C=O) groups is 2. The molecule has 0 saturated heterocycles. The van der Waals surface area contributed by atoms with Crippen molar-refractivity contribution in [2.75, 3.05) is 0 Å². The number of nitrogens with zero attached hydrogens (tertiary/aromatic N) is 4. The van der Waals surface area contributed by atoms with Crippen LogP contribution in [0.2, 0.25) is 0 Å². The van der Waals surface area contributed by atoms with Crippen LogP contribution in [0.5, 0.6) is 0 Å². The summed E-state index contributed by atoms with van der Waals surface area (Å²) >= 11 is 0. The van der Waals surface area contributed by atoms with Crippen molar-refractivity contribution in [3.63, 3.8) is 0 Å². The van der Waals surface area contributed by atoms with Crippen LogP contribution in [-0.2, 0) is 36.5 Å². The Labute approximate surface area is 139 Å². The maximum atomic E-state index is 10.5. The van der Waals surface area contributed by atoms with Crippen LogP contribution >= 0.6 is 0 Å². The van der Waals surface area contributed by atoms with Gasteiger partial charge in [-0.1, -0.05) is 6.92 Å². The molecular formula is C15H23N5O4. The molecule has 2 atom stereocenters. The largest absolute Gasteiger partial charge is 0.481 e. The number of aromatic nitrogens is 4. The van der Waals surface area contributed by atoms with Crippen LogP contribution in [0.4, 0.5) is 0 Å². The number of carboxylic acid groups (broad SMARTS) is 2. The molecule has 132 valence electrons. The smallest absolute Gasteiger partial charge is 0.320 e. The number of carboxylic acids is 2. The maximum Gasteiger partial charge on any atom is 0.320 e. The van der Waals surface area contributed by atoms with E-state index < -0.39 is 18.0 Å². The zero-order valence-electron chi connectivity index (χ0n) is 14.0. The molecule has 0 radical (unpaired) electrons. The van der Waals surface area contributed by atoms with Gasteiger partial charge in [-0.15, -0.1) is 0 Å². The predicted octanol–water partition coefficient (Wildman–Crippen LogP) is 0.0578. The highest BCUT2D eigenvalue weighted by atomic mass is 16.4. The van der Waals surface area contributed by atoms with Gasteiger partial charge in [0, 0.05) is 51.7 Å². The van der Waals surface area contributed by atoms with Crippen LogP contribution in [-0.4, -0.2) is 47.3 Å². The van der Waals surface area contributed by atoms with Crippen molar-refractivity contribution >= 4 is 11.9 Å². The molecule has 9 heteroatoms. The van der Waals surface area contributed by atoms with E-state index in [4.69, 9.17) is 15.9 Å². The minimum absolute atomic E-state index is 0.263. The fourth-order valence-corrected chi connectivity index (χ4v) is 1.83. The first kappa shape index (κ1) is 19.4. The van der Waals surface area contributed by atoms with Crippen LogP contribution in [0.25, 0.3) is 0 Å². The van der Waals surface area contributed by atoms with Crippen molar-refractivity contribution in [1.82, 2.24) is 19.1 Å². The summed E-state index contributed by atoms with van der Waals surface area (Å²) in [7, 11) is 3.66. The van der Waals surface area contributed by atoms with Gasteiger partial charge in [-0.2, -0.15) is 0 Å². The van der Waals surface area contributed by atoms with Crippen molar-refractivity contribution in [1.29, 1.82) is 0 Å². The van der Waals surface area contributed by atoms with Crippen molar-refractivity contribution in [3.05, 3.63) is 36.4 Å². The van der Waals surface area contributed by atoms with E-state index in [0.29, 0.717) is 12.2 Å². The van der Waals surface area contributed by atoms with E-state index >= 15 is 0 Å². The quantitative estimate of drug-likeness (QED) is 0.678. The average Bonchev–Trinajstić information content (AvgIpc) is 3.09. The van der Waals surface area contributed by atoms with Gasteiger partial charge in [0.05, 0.1) is 5.92 Å². The molecule has 0 amide bonds. The number of imidazole rings is 2. The Morgan fingerprint density at radius 1 is 1.04 bits per heavy atom. The van der Waals surface area contributed by atoms with Gasteiger partial charge in [-0.3, -0.25) is 9.59 Å². The van der Waals surface area contributed by atoms with E-state index in [-0.39, 0.29) is 12.3 Å². The molecule has 2 heterocycles. The molecule has 2 aromatic heterocycles. The summed E-state index contributed by atoms with van der Waals surface area (Å²) in [5, 5.41) is 17.1. The van der Waals surface area contributed by atoms with Crippen molar-refractivity contribution in [3.8, 4) is 0 Å². The number of hydrogen-bond acceptors (Lipinski definition) is 5. The van der Waals surface area contributed by atoms with E-state index in [1.165, 1.54) is 0 Å². The van der Waals surface area contributed by atoms with Crippen LogP contribution in [0.1, 0.15) is 18.6 Å². The lowest BCUT2D eigenvalue weighted by Gasteiger charge is -2.05. The van der Waals surface area contributed by atoms with Gasteiger partial charge < -0.3 is 25.1 Å². The van der Waals surface area contributed by atoms with Gasteiger partial charge in [0.2, 0.25) is 0 Å². The summed E-state index contributed by atoms with van der Waals surface area (Å²) in [5.41, 5.74) is 5.32. The van der Waals surface area contributed by atoms with Crippen molar-refractivity contribution in [2.24, 2.45) is 25.7 Å². The topological polar surface area (TPSA) is 136 Å². The van der Waals surface area contributed by atoms with Gasteiger partial charge >= 0.3 is 11.9 Å². The van der Waals surface area contributed by atoms with E-state index in [1.807, 2.05) is 17.8 Å². The molecule has 0 aliphatic heterocycles. The summed E-state index contributed by atoms with van der Waals surface area (Å²) < 4.78 is 3.59. The van der Waals surface area contributed by atoms with Gasteiger partial charge in [0.15, 0.2) is 0 Å². The Hall–Kier alpha value is -2.68. The monoisotopic (exact) mass is 337 g/mol. The number of hydrogen-bond donors (Lipinski definition) is 3. The Morgan fingerprint density at radius 3 is 1.83 bits per heavy atom.